The topological polar surface area (TPSA) is 46.6 Å². The van der Waals surface area contributed by atoms with E-state index < -0.39 is 0 Å². The van der Waals surface area contributed by atoms with Crippen LogP contribution in [0.2, 0.25) is 0 Å². The third-order valence-electron chi connectivity index (χ3n) is 4.52. The standard InChI is InChI=1S/C16H24N4.2ClH/c1-12-5-4-6-15-18-13(10-20(12)15)9-19-8-7-14(17)16(2,3)11-19;;/h4-6,10,14H,7-9,11,17H2,1-3H3;2*1H. The first-order valence-electron chi connectivity index (χ1n) is 7.37. The Labute approximate surface area is 144 Å². The Bertz CT molecular complexity index is 624. The average molecular weight is 345 g/mol. The normalized spacial score (nSPS) is 21.2. The van der Waals surface area contributed by atoms with Crippen LogP contribution in [0.15, 0.2) is 24.4 Å². The first kappa shape index (κ1) is 19.2. The molecule has 6 heteroatoms. The second-order valence-corrected chi connectivity index (χ2v) is 6.72. The lowest BCUT2D eigenvalue weighted by Crippen LogP contribution is -2.52. The van der Waals surface area contributed by atoms with Crippen molar-refractivity contribution in [2.45, 2.75) is 39.8 Å². The zero-order valence-corrected chi connectivity index (χ0v) is 15.1. The zero-order chi connectivity index (χ0) is 14.3. The summed E-state index contributed by atoms with van der Waals surface area (Å²) in [7, 11) is 0. The van der Waals surface area contributed by atoms with Gasteiger partial charge in [-0.3, -0.25) is 4.90 Å². The molecule has 0 spiro atoms. The van der Waals surface area contributed by atoms with E-state index >= 15 is 0 Å². The number of aryl methyl sites for hydroxylation is 1. The minimum atomic E-state index is 0. The molecule has 3 rings (SSSR count). The van der Waals surface area contributed by atoms with Crippen LogP contribution in [0.25, 0.3) is 5.65 Å². The summed E-state index contributed by atoms with van der Waals surface area (Å²) >= 11 is 0. The van der Waals surface area contributed by atoms with Gasteiger partial charge in [-0.15, -0.1) is 24.8 Å². The molecule has 2 aromatic heterocycles. The molecule has 0 radical (unpaired) electrons. The summed E-state index contributed by atoms with van der Waals surface area (Å²) < 4.78 is 2.16. The molecular formula is C16H26Cl2N4. The number of aromatic nitrogens is 2. The number of nitrogens with two attached hydrogens (primary N) is 1. The maximum Gasteiger partial charge on any atom is 0.137 e. The summed E-state index contributed by atoms with van der Waals surface area (Å²) in [4.78, 5) is 7.20. The molecule has 1 aliphatic rings. The van der Waals surface area contributed by atoms with E-state index in [0.29, 0.717) is 6.04 Å². The molecule has 0 amide bonds. The SMILES string of the molecule is Cc1cccc2nc(CN3CCC(N)C(C)(C)C3)cn12.Cl.Cl. The van der Waals surface area contributed by atoms with Gasteiger partial charge in [0.15, 0.2) is 0 Å². The Kier molecular flexibility index (Phi) is 6.27. The summed E-state index contributed by atoms with van der Waals surface area (Å²) in [5, 5.41) is 0. The number of hydrogen-bond acceptors (Lipinski definition) is 3. The van der Waals surface area contributed by atoms with Gasteiger partial charge in [-0.2, -0.15) is 0 Å². The maximum absolute atomic E-state index is 6.20. The first-order valence-corrected chi connectivity index (χ1v) is 7.37. The fourth-order valence-corrected chi connectivity index (χ4v) is 3.12. The summed E-state index contributed by atoms with van der Waals surface area (Å²) in [5.74, 6) is 0. The minimum Gasteiger partial charge on any atom is -0.327 e. The summed E-state index contributed by atoms with van der Waals surface area (Å²) in [6.07, 6.45) is 3.23. The summed E-state index contributed by atoms with van der Waals surface area (Å²) in [5.41, 5.74) is 9.79. The lowest BCUT2D eigenvalue weighted by molar-refractivity contribution is 0.0890. The van der Waals surface area contributed by atoms with E-state index in [1.54, 1.807) is 0 Å². The van der Waals surface area contributed by atoms with Gasteiger partial charge in [0.05, 0.1) is 5.69 Å². The predicted molar refractivity (Wildman–Crippen MR) is 96.1 cm³/mol. The van der Waals surface area contributed by atoms with Gasteiger partial charge in [0.25, 0.3) is 0 Å². The fraction of sp³-hybridized carbons (Fsp3) is 0.562. The molecule has 1 fully saturated rings. The molecule has 0 saturated carbocycles. The number of likely N-dealkylation sites (tertiary alicyclic amines) is 1. The van der Waals surface area contributed by atoms with Crippen molar-refractivity contribution < 1.29 is 0 Å². The van der Waals surface area contributed by atoms with E-state index in [-0.39, 0.29) is 30.2 Å². The molecule has 1 saturated heterocycles. The van der Waals surface area contributed by atoms with Crippen molar-refractivity contribution in [1.29, 1.82) is 0 Å². The molecule has 3 heterocycles. The predicted octanol–water partition coefficient (Wildman–Crippen LogP) is 3.05. The highest BCUT2D eigenvalue weighted by Crippen LogP contribution is 2.28. The van der Waals surface area contributed by atoms with E-state index in [1.807, 2.05) is 0 Å². The Morgan fingerprint density at radius 1 is 1.32 bits per heavy atom. The van der Waals surface area contributed by atoms with E-state index in [2.05, 4.69) is 54.5 Å². The molecule has 1 aliphatic heterocycles. The van der Waals surface area contributed by atoms with Crippen molar-refractivity contribution in [2.75, 3.05) is 13.1 Å². The lowest BCUT2D eigenvalue weighted by atomic mass is 9.80. The number of imidazole rings is 1. The highest BCUT2D eigenvalue weighted by Gasteiger charge is 2.33. The van der Waals surface area contributed by atoms with Crippen molar-refractivity contribution in [3.05, 3.63) is 35.8 Å². The maximum atomic E-state index is 6.20. The molecule has 1 unspecified atom stereocenters. The van der Waals surface area contributed by atoms with Crippen LogP contribution in [0.5, 0.6) is 0 Å². The van der Waals surface area contributed by atoms with Gasteiger partial charge in [-0.1, -0.05) is 19.9 Å². The van der Waals surface area contributed by atoms with Crippen LogP contribution in [0.4, 0.5) is 0 Å². The van der Waals surface area contributed by atoms with E-state index in [1.165, 1.54) is 5.69 Å². The van der Waals surface area contributed by atoms with Crippen LogP contribution in [0.3, 0.4) is 0 Å². The highest BCUT2D eigenvalue weighted by molar-refractivity contribution is 5.85. The van der Waals surface area contributed by atoms with Gasteiger partial charge < -0.3 is 10.1 Å². The van der Waals surface area contributed by atoms with Gasteiger partial charge in [-0.05, 0) is 30.9 Å². The second kappa shape index (κ2) is 7.18. The molecular weight excluding hydrogens is 319 g/mol. The van der Waals surface area contributed by atoms with Crippen LogP contribution in [-0.2, 0) is 6.54 Å². The van der Waals surface area contributed by atoms with E-state index in [9.17, 15) is 0 Å². The fourth-order valence-electron chi connectivity index (χ4n) is 3.12. The van der Waals surface area contributed by atoms with Gasteiger partial charge in [0.2, 0.25) is 0 Å². The van der Waals surface area contributed by atoms with Crippen molar-refractivity contribution in [3.63, 3.8) is 0 Å². The Balaban J connectivity index is 0.00000121. The number of nitrogens with zero attached hydrogens (tertiary/aromatic N) is 3. The van der Waals surface area contributed by atoms with Gasteiger partial charge in [-0.25, -0.2) is 4.98 Å². The van der Waals surface area contributed by atoms with Gasteiger partial charge in [0.1, 0.15) is 5.65 Å². The molecule has 124 valence electrons. The summed E-state index contributed by atoms with van der Waals surface area (Å²) in [6.45, 7) is 9.66. The molecule has 22 heavy (non-hydrogen) atoms. The van der Waals surface area contributed by atoms with Crippen molar-refractivity contribution in [1.82, 2.24) is 14.3 Å². The number of pyridine rings is 1. The van der Waals surface area contributed by atoms with Crippen molar-refractivity contribution >= 4 is 30.5 Å². The molecule has 2 N–H and O–H groups in total. The quantitative estimate of drug-likeness (QED) is 0.910. The average Bonchev–Trinajstić information content (AvgIpc) is 2.77. The second-order valence-electron chi connectivity index (χ2n) is 6.72. The van der Waals surface area contributed by atoms with Crippen LogP contribution in [0, 0.1) is 12.3 Å². The number of rotatable bonds is 2. The van der Waals surface area contributed by atoms with Gasteiger partial charge in [0, 0.05) is 37.6 Å². The third-order valence-corrected chi connectivity index (χ3v) is 4.52. The molecule has 0 aliphatic carbocycles. The largest absolute Gasteiger partial charge is 0.327 e. The van der Waals surface area contributed by atoms with Crippen LogP contribution in [-0.4, -0.2) is 33.4 Å². The monoisotopic (exact) mass is 344 g/mol. The van der Waals surface area contributed by atoms with E-state index in [4.69, 9.17) is 10.7 Å². The zero-order valence-electron chi connectivity index (χ0n) is 13.5. The number of piperidine rings is 1. The lowest BCUT2D eigenvalue weighted by Gasteiger charge is -2.42. The molecule has 1 atom stereocenters. The molecule has 4 nitrogen and oxygen atoms in total. The molecule has 2 aromatic rings. The van der Waals surface area contributed by atoms with Crippen molar-refractivity contribution in [3.8, 4) is 0 Å². The van der Waals surface area contributed by atoms with Crippen LogP contribution >= 0.6 is 24.8 Å². The highest BCUT2D eigenvalue weighted by atomic mass is 35.5. The van der Waals surface area contributed by atoms with E-state index in [0.717, 1.165) is 37.4 Å². The summed E-state index contributed by atoms with van der Waals surface area (Å²) in [6, 6.07) is 6.54. The Morgan fingerprint density at radius 2 is 2.05 bits per heavy atom. The molecule has 0 aromatic carbocycles. The van der Waals surface area contributed by atoms with Gasteiger partial charge >= 0.3 is 0 Å². The number of halogens is 2. The van der Waals surface area contributed by atoms with Crippen LogP contribution in [0.1, 0.15) is 31.7 Å². The smallest absolute Gasteiger partial charge is 0.137 e. The molecule has 0 bridgehead atoms. The Hall–Kier alpha value is -0.810. The number of fused-ring (bicyclic) bond motifs is 1. The van der Waals surface area contributed by atoms with Crippen LogP contribution < -0.4 is 5.73 Å². The number of hydrogen-bond donors (Lipinski definition) is 1. The third kappa shape index (κ3) is 3.74. The first-order chi connectivity index (χ1) is 9.45. The van der Waals surface area contributed by atoms with Crippen molar-refractivity contribution in [2.24, 2.45) is 11.1 Å². The minimum absolute atomic E-state index is 0. The Morgan fingerprint density at radius 3 is 2.68 bits per heavy atom.